The normalized spacial score (nSPS) is 8.93. The molecule has 0 atom stereocenters. The molecule has 0 aromatic heterocycles. The van der Waals surface area contributed by atoms with Crippen LogP contribution in [-0.4, -0.2) is 11.8 Å². The number of benzene rings is 1. The second-order valence-corrected chi connectivity index (χ2v) is 3.67. The van der Waals surface area contributed by atoms with Crippen molar-refractivity contribution in [3.05, 3.63) is 30.1 Å². The highest BCUT2D eigenvalue weighted by atomic mass is 32.2. The van der Waals surface area contributed by atoms with Crippen LogP contribution < -0.4 is 5.32 Å². The predicted molar refractivity (Wildman–Crippen MR) is 59.1 cm³/mol. The van der Waals surface area contributed by atoms with Crippen LogP contribution in [0, 0.1) is 17.7 Å². The van der Waals surface area contributed by atoms with Gasteiger partial charge >= 0.3 is 0 Å². The summed E-state index contributed by atoms with van der Waals surface area (Å²) in [5.41, 5.74) is 0. The molecule has 15 heavy (non-hydrogen) atoms. The van der Waals surface area contributed by atoms with Gasteiger partial charge in [0, 0.05) is 4.90 Å². The van der Waals surface area contributed by atoms with Crippen molar-refractivity contribution in [2.24, 2.45) is 0 Å². The lowest BCUT2D eigenvalue weighted by molar-refractivity contribution is 0.261. The van der Waals surface area contributed by atoms with Crippen LogP contribution in [0.4, 0.5) is 9.18 Å². The number of rotatable bonds is 2. The molecule has 0 aliphatic rings. The highest BCUT2D eigenvalue weighted by Crippen LogP contribution is 2.18. The largest absolute Gasteiger partial charge is 0.336 e. The van der Waals surface area contributed by atoms with E-state index in [4.69, 9.17) is 0 Å². The Balaban J connectivity index is 2.43. The van der Waals surface area contributed by atoms with Crippen molar-refractivity contribution in [1.29, 1.82) is 0 Å². The van der Waals surface area contributed by atoms with Gasteiger partial charge in [0.05, 0.1) is 6.54 Å². The highest BCUT2D eigenvalue weighted by molar-refractivity contribution is 8.13. The summed E-state index contributed by atoms with van der Waals surface area (Å²) in [6.45, 7) is 2.04. The van der Waals surface area contributed by atoms with Gasteiger partial charge in [-0.25, -0.2) is 4.39 Å². The zero-order chi connectivity index (χ0) is 11.1. The molecule has 1 amide bonds. The number of halogens is 1. The first-order valence-electron chi connectivity index (χ1n) is 4.33. The number of carbonyl (C=O) groups is 1. The van der Waals surface area contributed by atoms with Gasteiger partial charge in [-0.3, -0.25) is 4.79 Å². The molecule has 0 fully saturated rings. The van der Waals surface area contributed by atoms with Crippen LogP contribution in [0.25, 0.3) is 0 Å². The van der Waals surface area contributed by atoms with Crippen LogP contribution >= 0.6 is 11.8 Å². The second-order valence-electron chi connectivity index (χ2n) is 2.62. The minimum absolute atomic E-state index is 0.190. The molecule has 0 heterocycles. The molecule has 0 aliphatic heterocycles. The summed E-state index contributed by atoms with van der Waals surface area (Å²) in [5.74, 6) is 5.08. The van der Waals surface area contributed by atoms with Gasteiger partial charge in [-0.15, -0.1) is 5.92 Å². The summed E-state index contributed by atoms with van der Waals surface area (Å²) in [6, 6.07) is 5.76. The topological polar surface area (TPSA) is 29.1 Å². The van der Waals surface area contributed by atoms with Gasteiger partial charge in [0.2, 0.25) is 0 Å². The van der Waals surface area contributed by atoms with E-state index < -0.39 is 0 Å². The maximum Gasteiger partial charge on any atom is 0.284 e. The first-order chi connectivity index (χ1) is 7.22. The van der Waals surface area contributed by atoms with Crippen LogP contribution in [0.2, 0.25) is 0 Å². The van der Waals surface area contributed by atoms with Crippen LogP contribution in [0.1, 0.15) is 6.92 Å². The summed E-state index contributed by atoms with van der Waals surface area (Å²) in [4.78, 5) is 12.0. The molecule has 0 saturated heterocycles. The Bertz CT molecular complexity index is 391. The van der Waals surface area contributed by atoms with Gasteiger partial charge in [0.1, 0.15) is 5.82 Å². The number of thioether (sulfide) groups is 1. The molecule has 0 saturated carbocycles. The van der Waals surface area contributed by atoms with Crippen molar-refractivity contribution >= 4 is 17.0 Å². The van der Waals surface area contributed by atoms with E-state index >= 15 is 0 Å². The monoisotopic (exact) mass is 223 g/mol. The molecule has 4 heteroatoms. The van der Waals surface area contributed by atoms with Crippen molar-refractivity contribution in [1.82, 2.24) is 5.32 Å². The number of hydrogen-bond acceptors (Lipinski definition) is 2. The molecule has 0 aliphatic carbocycles. The first kappa shape index (κ1) is 11.6. The zero-order valence-corrected chi connectivity index (χ0v) is 9.03. The average molecular weight is 223 g/mol. The van der Waals surface area contributed by atoms with E-state index in [9.17, 15) is 9.18 Å². The summed E-state index contributed by atoms with van der Waals surface area (Å²) < 4.78 is 12.5. The lowest BCUT2D eigenvalue weighted by Crippen LogP contribution is -2.18. The van der Waals surface area contributed by atoms with E-state index in [-0.39, 0.29) is 11.1 Å². The number of nitrogens with one attached hydrogen (secondary N) is 1. The Morgan fingerprint density at radius 2 is 2.13 bits per heavy atom. The standard InChI is InChI=1S/C11H10FNOS/c1-2-3-8-13-11(14)15-10-6-4-9(12)5-7-10/h4-7H,8H2,1H3,(H,13,14). The number of amides is 1. The minimum Gasteiger partial charge on any atom is -0.336 e. The van der Waals surface area contributed by atoms with Crippen molar-refractivity contribution in [2.75, 3.05) is 6.54 Å². The van der Waals surface area contributed by atoms with Gasteiger partial charge in [0.25, 0.3) is 5.24 Å². The van der Waals surface area contributed by atoms with Crippen LogP contribution in [0.15, 0.2) is 29.2 Å². The predicted octanol–water partition coefficient (Wildman–Crippen LogP) is 2.65. The van der Waals surface area contributed by atoms with E-state index in [1.54, 1.807) is 19.1 Å². The van der Waals surface area contributed by atoms with Crippen LogP contribution in [-0.2, 0) is 0 Å². The summed E-state index contributed by atoms with van der Waals surface area (Å²) >= 11 is 1.02. The van der Waals surface area contributed by atoms with Crippen LogP contribution in [0.5, 0.6) is 0 Å². The second kappa shape index (κ2) is 6.10. The maximum absolute atomic E-state index is 12.5. The molecule has 0 unspecified atom stereocenters. The SMILES string of the molecule is CC#CCNC(=O)Sc1ccc(F)cc1. The molecule has 1 N–H and O–H groups in total. The lowest BCUT2D eigenvalue weighted by Gasteiger charge is -2.00. The third-order valence-electron chi connectivity index (χ3n) is 1.52. The fourth-order valence-corrected chi connectivity index (χ4v) is 1.48. The summed E-state index contributed by atoms with van der Waals surface area (Å²) in [6.07, 6.45) is 0. The molecule has 0 spiro atoms. The summed E-state index contributed by atoms with van der Waals surface area (Å²) in [7, 11) is 0. The molecular formula is C11H10FNOS. The van der Waals surface area contributed by atoms with Crippen LogP contribution in [0.3, 0.4) is 0 Å². The zero-order valence-electron chi connectivity index (χ0n) is 8.21. The molecule has 1 aromatic carbocycles. The quantitative estimate of drug-likeness (QED) is 0.617. The van der Waals surface area contributed by atoms with Crippen molar-refractivity contribution < 1.29 is 9.18 Å². The highest BCUT2D eigenvalue weighted by Gasteiger charge is 2.02. The Morgan fingerprint density at radius 3 is 2.73 bits per heavy atom. The third-order valence-corrected chi connectivity index (χ3v) is 2.36. The Labute approximate surface area is 92.3 Å². The molecule has 2 nitrogen and oxygen atoms in total. The molecule has 0 radical (unpaired) electrons. The molecular weight excluding hydrogens is 213 g/mol. The lowest BCUT2D eigenvalue weighted by atomic mass is 10.4. The van der Waals surface area contributed by atoms with Crippen molar-refractivity contribution in [3.8, 4) is 11.8 Å². The van der Waals surface area contributed by atoms with Gasteiger partial charge in [-0.1, -0.05) is 5.92 Å². The Morgan fingerprint density at radius 1 is 1.47 bits per heavy atom. The summed E-state index contributed by atoms with van der Waals surface area (Å²) in [5, 5.41) is 2.41. The molecule has 1 rings (SSSR count). The van der Waals surface area contributed by atoms with E-state index in [1.165, 1.54) is 12.1 Å². The third kappa shape index (κ3) is 4.52. The maximum atomic E-state index is 12.5. The van der Waals surface area contributed by atoms with E-state index in [0.29, 0.717) is 11.4 Å². The van der Waals surface area contributed by atoms with Crippen molar-refractivity contribution in [3.63, 3.8) is 0 Å². The number of carbonyl (C=O) groups excluding carboxylic acids is 1. The smallest absolute Gasteiger partial charge is 0.284 e. The fraction of sp³-hybridized carbons (Fsp3) is 0.182. The average Bonchev–Trinajstić information content (AvgIpc) is 2.22. The van der Waals surface area contributed by atoms with Gasteiger partial charge < -0.3 is 5.32 Å². The fourth-order valence-electron chi connectivity index (χ4n) is 0.851. The molecule has 0 bridgehead atoms. The first-order valence-corrected chi connectivity index (χ1v) is 5.15. The van der Waals surface area contributed by atoms with Crippen molar-refractivity contribution in [2.45, 2.75) is 11.8 Å². The Hall–Kier alpha value is -1.47. The van der Waals surface area contributed by atoms with E-state index in [0.717, 1.165) is 11.8 Å². The molecule has 78 valence electrons. The van der Waals surface area contributed by atoms with Gasteiger partial charge in [0.15, 0.2) is 0 Å². The molecule has 1 aromatic rings. The minimum atomic E-state index is -0.309. The van der Waals surface area contributed by atoms with Gasteiger partial charge in [-0.2, -0.15) is 0 Å². The Kier molecular flexibility index (Phi) is 4.72. The van der Waals surface area contributed by atoms with E-state index in [1.807, 2.05) is 0 Å². The van der Waals surface area contributed by atoms with E-state index in [2.05, 4.69) is 17.2 Å². The van der Waals surface area contributed by atoms with Gasteiger partial charge in [-0.05, 0) is 43.0 Å². The number of hydrogen-bond donors (Lipinski definition) is 1.